The van der Waals surface area contributed by atoms with Crippen molar-refractivity contribution in [2.75, 3.05) is 0 Å². The Morgan fingerprint density at radius 2 is 1.69 bits per heavy atom. The summed E-state index contributed by atoms with van der Waals surface area (Å²) in [4.78, 5) is 14.8. The second-order valence-corrected chi connectivity index (χ2v) is 7.63. The van der Waals surface area contributed by atoms with Crippen molar-refractivity contribution in [3.8, 4) is 11.5 Å². The van der Waals surface area contributed by atoms with E-state index in [1.165, 1.54) is 5.56 Å². The molecule has 0 unspecified atom stereocenters. The van der Waals surface area contributed by atoms with Crippen LogP contribution in [0.25, 0.3) is 11.5 Å². The monoisotopic (exact) mass is 402 g/mol. The summed E-state index contributed by atoms with van der Waals surface area (Å²) < 4.78 is 4.01. The molecule has 0 aliphatic carbocycles. The van der Waals surface area contributed by atoms with Gasteiger partial charge in [0.2, 0.25) is 0 Å². The Balaban J connectivity index is 1.55. The van der Waals surface area contributed by atoms with E-state index in [1.54, 1.807) is 17.0 Å². The number of carbonyl (C=O) groups excluding carboxylic acids is 1. The van der Waals surface area contributed by atoms with E-state index in [0.717, 1.165) is 22.8 Å². The molecule has 0 spiro atoms. The molecule has 0 bridgehead atoms. The van der Waals surface area contributed by atoms with E-state index >= 15 is 0 Å². The first-order valence-electron chi connectivity index (χ1n) is 9.47. The quantitative estimate of drug-likeness (QED) is 0.495. The molecule has 1 aliphatic rings. The Kier molecular flexibility index (Phi) is 4.25. The fraction of sp³-hybridized carbons (Fsp3) is 0.130. The average molecular weight is 403 g/mol. The summed E-state index contributed by atoms with van der Waals surface area (Å²) in [5.74, 6) is 0.886. The van der Waals surface area contributed by atoms with Gasteiger partial charge in [0, 0.05) is 18.0 Å². The zero-order chi connectivity index (χ0) is 20.0. The number of aryl methyl sites for hydroxylation is 1. The molecule has 0 saturated heterocycles. The van der Waals surface area contributed by atoms with Gasteiger partial charge in [0.25, 0.3) is 5.91 Å². The molecule has 0 saturated carbocycles. The first-order chi connectivity index (χ1) is 14.1. The number of nitrogens with zero attached hydrogens (tertiary/aromatic N) is 4. The van der Waals surface area contributed by atoms with E-state index in [0.29, 0.717) is 23.7 Å². The van der Waals surface area contributed by atoms with Gasteiger partial charge < -0.3 is 9.47 Å². The Hall–Kier alpha value is -3.31. The van der Waals surface area contributed by atoms with Gasteiger partial charge in [-0.15, -0.1) is 0 Å². The summed E-state index contributed by atoms with van der Waals surface area (Å²) in [6.07, 6.45) is 4.00. The zero-order valence-corrected chi connectivity index (χ0v) is 16.7. The van der Waals surface area contributed by atoms with Gasteiger partial charge in [0.15, 0.2) is 0 Å². The summed E-state index contributed by atoms with van der Waals surface area (Å²) in [7, 11) is 0. The molecule has 5 rings (SSSR count). The predicted molar refractivity (Wildman–Crippen MR) is 113 cm³/mol. The van der Waals surface area contributed by atoms with E-state index in [2.05, 4.69) is 35.8 Å². The molecular formula is C23H19ClN4O. The van der Waals surface area contributed by atoms with Crippen LogP contribution >= 0.6 is 11.6 Å². The minimum absolute atomic E-state index is 0.0751. The van der Waals surface area contributed by atoms with Crippen molar-refractivity contribution in [1.29, 1.82) is 0 Å². The second-order valence-electron chi connectivity index (χ2n) is 7.23. The maximum atomic E-state index is 13.0. The Bertz CT molecular complexity index is 1190. The third-order valence-corrected chi connectivity index (χ3v) is 5.58. The van der Waals surface area contributed by atoms with Crippen LogP contribution in [0.5, 0.6) is 0 Å². The van der Waals surface area contributed by atoms with Crippen molar-refractivity contribution in [1.82, 2.24) is 19.2 Å². The van der Waals surface area contributed by atoms with E-state index in [1.807, 2.05) is 41.3 Å². The topological polar surface area (TPSA) is 43.1 Å². The van der Waals surface area contributed by atoms with Crippen LogP contribution in [0, 0.1) is 6.92 Å². The third kappa shape index (κ3) is 3.04. The molecule has 0 N–H and O–H groups in total. The predicted octanol–water partition coefficient (Wildman–Crippen LogP) is 4.78. The van der Waals surface area contributed by atoms with Gasteiger partial charge in [0.1, 0.15) is 5.82 Å². The van der Waals surface area contributed by atoms with Crippen LogP contribution < -0.4 is 0 Å². The van der Waals surface area contributed by atoms with Crippen molar-refractivity contribution in [2.24, 2.45) is 0 Å². The van der Waals surface area contributed by atoms with Gasteiger partial charge in [-0.1, -0.05) is 41.4 Å². The molecule has 2 aromatic carbocycles. The molecule has 0 radical (unpaired) electrons. The largest absolute Gasteiger partial charge is 0.328 e. The van der Waals surface area contributed by atoms with E-state index < -0.39 is 0 Å². The standard InChI is InChI=1S/C23H19ClN4O/c1-16-8-10-17(11-9-16)28-22(26-12-4-5-13-26)19-14-27(15-21(19)25-28)23(29)18-6-2-3-7-20(18)24/h2-13H,14-15H2,1H3. The molecule has 1 amide bonds. The lowest BCUT2D eigenvalue weighted by molar-refractivity contribution is 0.0749. The van der Waals surface area contributed by atoms with Crippen molar-refractivity contribution in [3.63, 3.8) is 0 Å². The summed E-state index contributed by atoms with van der Waals surface area (Å²) in [6.45, 7) is 3.03. The Morgan fingerprint density at radius 1 is 0.966 bits per heavy atom. The number of aromatic nitrogens is 3. The third-order valence-electron chi connectivity index (χ3n) is 5.25. The van der Waals surface area contributed by atoms with Gasteiger partial charge in [0.05, 0.1) is 35.1 Å². The summed E-state index contributed by atoms with van der Waals surface area (Å²) in [5, 5.41) is 5.33. The molecule has 29 heavy (non-hydrogen) atoms. The van der Waals surface area contributed by atoms with Crippen molar-refractivity contribution in [2.45, 2.75) is 20.0 Å². The molecule has 4 aromatic rings. The van der Waals surface area contributed by atoms with Gasteiger partial charge in [-0.25, -0.2) is 4.68 Å². The molecule has 1 aliphatic heterocycles. The van der Waals surface area contributed by atoms with Crippen molar-refractivity contribution >= 4 is 17.5 Å². The molecule has 0 atom stereocenters. The maximum Gasteiger partial charge on any atom is 0.256 e. The number of hydrogen-bond acceptors (Lipinski definition) is 2. The molecule has 6 heteroatoms. The SMILES string of the molecule is Cc1ccc(-n2nc3c(c2-n2cccc2)CN(C(=O)c2ccccc2Cl)C3)cc1. The lowest BCUT2D eigenvalue weighted by Gasteiger charge is -2.18. The minimum atomic E-state index is -0.0751. The summed E-state index contributed by atoms with van der Waals surface area (Å²) in [5.41, 5.74) is 4.69. The minimum Gasteiger partial charge on any atom is -0.328 e. The number of halogens is 1. The summed E-state index contributed by atoms with van der Waals surface area (Å²) in [6, 6.07) is 19.4. The molecule has 5 nitrogen and oxygen atoms in total. The number of benzene rings is 2. The van der Waals surface area contributed by atoms with Crippen LogP contribution in [0.2, 0.25) is 5.02 Å². The molecular weight excluding hydrogens is 384 g/mol. The molecule has 0 fully saturated rings. The van der Waals surface area contributed by atoms with Crippen LogP contribution in [0.4, 0.5) is 0 Å². The van der Waals surface area contributed by atoms with Crippen LogP contribution in [-0.4, -0.2) is 25.2 Å². The van der Waals surface area contributed by atoms with Gasteiger partial charge in [-0.05, 0) is 43.3 Å². The highest BCUT2D eigenvalue weighted by atomic mass is 35.5. The van der Waals surface area contributed by atoms with Crippen LogP contribution in [0.3, 0.4) is 0 Å². The van der Waals surface area contributed by atoms with Crippen LogP contribution in [0.1, 0.15) is 27.2 Å². The van der Waals surface area contributed by atoms with Crippen LogP contribution in [0.15, 0.2) is 73.1 Å². The van der Waals surface area contributed by atoms with Crippen molar-refractivity contribution in [3.05, 3.63) is 100 Å². The highest BCUT2D eigenvalue weighted by Crippen LogP contribution is 2.32. The Labute approximate surface area is 173 Å². The fourth-order valence-corrected chi connectivity index (χ4v) is 3.97. The molecule has 2 aromatic heterocycles. The van der Waals surface area contributed by atoms with Crippen molar-refractivity contribution < 1.29 is 4.79 Å². The lowest BCUT2D eigenvalue weighted by Crippen LogP contribution is -2.26. The highest BCUT2D eigenvalue weighted by Gasteiger charge is 2.32. The molecule has 144 valence electrons. The maximum absolute atomic E-state index is 13.0. The highest BCUT2D eigenvalue weighted by molar-refractivity contribution is 6.33. The first kappa shape index (κ1) is 17.8. The molecule has 3 heterocycles. The zero-order valence-electron chi connectivity index (χ0n) is 15.9. The number of hydrogen-bond donors (Lipinski definition) is 0. The number of amides is 1. The normalized spacial score (nSPS) is 13.0. The number of fused-ring (bicyclic) bond motifs is 1. The first-order valence-corrected chi connectivity index (χ1v) is 9.84. The smallest absolute Gasteiger partial charge is 0.256 e. The van der Waals surface area contributed by atoms with E-state index in [-0.39, 0.29) is 5.91 Å². The van der Waals surface area contributed by atoms with Gasteiger partial charge in [-0.2, -0.15) is 5.10 Å². The van der Waals surface area contributed by atoms with E-state index in [9.17, 15) is 4.79 Å². The average Bonchev–Trinajstić information content (AvgIpc) is 3.44. The fourth-order valence-electron chi connectivity index (χ4n) is 3.76. The summed E-state index contributed by atoms with van der Waals surface area (Å²) >= 11 is 6.24. The van der Waals surface area contributed by atoms with Crippen LogP contribution in [-0.2, 0) is 13.1 Å². The van der Waals surface area contributed by atoms with E-state index in [4.69, 9.17) is 16.7 Å². The lowest BCUT2D eigenvalue weighted by atomic mass is 10.2. The number of rotatable bonds is 3. The second kappa shape index (κ2) is 6.94. The van der Waals surface area contributed by atoms with Gasteiger partial charge in [-0.3, -0.25) is 4.79 Å². The Morgan fingerprint density at radius 3 is 2.41 bits per heavy atom. The number of carbonyl (C=O) groups is 1. The van der Waals surface area contributed by atoms with Gasteiger partial charge >= 0.3 is 0 Å².